The molecule has 0 atom stereocenters. The van der Waals surface area contributed by atoms with Crippen molar-refractivity contribution in [3.8, 4) is 5.75 Å². The third-order valence-electron chi connectivity index (χ3n) is 4.14. The van der Waals surface area contributed by atoms with Gasteiger partial charge < -0.3 is 19.4 Å². The minimum atomic E-state index is -0.223. The number of hydrogen-bond acceptors (Lipinski definition) is 3. The molecule has 1 aliphatic rings. The predicted octanol–water partition coefficient (Wildman–Crippen LogP) is 3.51. The second-order valence-corrected chi connectivity index (χ2v) is 5.67. The molecule has 1 N–H and O–H groups in total. The Bertz CT molecular complexity index is 733. The van der Waals surface area contributed by atoms with E-state index in [1.54, 1.807) is 12.0 Å². The highest BCUT2D eigenvalue weighted by Crippen LogP contribution is 2.26. The quantitative estimate of drug-likeness (QED) is 0.879. The average molecular weight is 314 g/mol. The molecule has 5 heteroatoms. The molecule has 0 unspecified atom stereocenters. The topological polar surface area (TPSA) is 54.6 Å². The van der Waals surface area contributed by atoms with E-state index in [1.165, 1.54) is 16.5 Å². The molecule has 0 spiro atoms. The summed E-state index contributed by atoms with van der Waals surface area (Å²) in [6.07, 6.45) is 5.74. The molecular formula is C18H22N2O3. The Morgan fingerprint density at radius 2 is 2.26 bits per heavy atom. The number of H-pyrrole nitrogens is 1. The van der Waals surface area contributed by atoms with Gasteiger partial charge in [0.2, 0.25) is 0 Å². The maximum atomic E-state index is 11.9. The minimum absolute atomic E-state index is 0.223. The van der Waals surface area contributed by atoms with Crippen LogP contribution in [0.2, 0.25) is 0 Å². The van der Waals surface area contributed by atoms with Gasteiger partial charge in [-0.05, 0) is 43.5 Å². The summed E-state index contributed by atoms with van der Waals surface area (Å²) < 4.78 is 10.4. The number of carbonyl (C=O) groups is 1. The van der Waals surface area contributed by atoms with E-state index >= 15 is 0 Å². The molecule has 0 bridgehead atoms. The molecule has 0 saturated carbocycles. The van der Waals surface area contributed by atoms with Crippen molar-refractivity contribution in [3.05, 3.63) is 41.6 Å². The fourth-order valence-corrected chi connectivity index (χ4v) is 2.99. The Labute approximate surface area is 135 Å². The van der Waals surface area contributed by atoms with Crippen molar-refractivity contribution in [2.45, 2.75) is 19.8 Å². The normalized spacial score (nSPS) is 14.7. The van der Waals surface area contributed by atoms with Crippen LogP contribution in [0.5, 0.6) is 5.75 Å². The van der Waals surface area contributed by atoms with E-state index in [0.717, 1.165) is 30.7 Å². The lowest BCUT2D eigenvalue weighted by atomic mass is 10.0. The van der Waals surface area contributed by atoms with Crippen LogP contribution in [0, 0.1) is 0 Å². The lowest BCUT2D eigenvalue weighted by molar-refractivity contribution is 0.109. The molecule has 3 rings (SSSR count). The molecule has 2 aromatic rings. The van der Waals surface area contributed by atoms with E-state index in [-0.39, 0.29) is 6.09 Å². The summed E-state index contributed by atoms with van der Waals surface area (Å²) >= 11 is 0. The lowest BCUT2D eigenvalue weighted by Crippen LogP contribution is -2.36. The van der Waals surface area contributed by atoms with Crippen LogP contribution in [0.25, 0.3) is 10.9 Å². The van der Waals surface area contributed by atoms with Crippen LogP contribution >= 0.6 is 0 Å². The van der Waals surface area contributed by atoms with Crippen molar-refractivity contribution in [2.75, 3.05) is 26.8 Å². The fraction of sp³-hybridized carbons (Fsp3) is 0.389. The summed E-state index contributed by atoms with van der Waals surface area (Å²) in [6.45, 7) is 3.61. The van der Waals surface area contributed by atoms with Gasteiger partial charge in [0.05, 0.1) is 13.7 Å². The average Bonchev–Trinajstić information content (AvgIpc) is 2.97. The van der Waals surface area contributed by atoms with Crippen molar-refractivity contribution in [2.24, 2.45) is 0 Å². The monoisotopic (exact) mass is 314 g/mol. The van der Waals surface area contributed by atoms with E-state index in [4.69, 9.17) is 9.47 Å². The summed E-state index contributed by atoms with van der Waals surface area (Å²) in [6, 6.07) is 6.02. The molecule has 0 aliphatic carbocycles. The van der Waals surface area contributed by atoms with Crippen LogP contribution < -0.4 is 4.74 Å². The van der Waals surface area contributed by atoms with Crippen molar-refractivity contribution >= 4 is 17.0 Å². The highest BCUT2D eigenvalue weighted by Gasteiger charge is 2.19. The second-order valence-electron chi connectivity index (χ2n) is 5.67. The number of amides is 1. The number of nitrogens with zero attached hydrogens (tertiary/aromatic N) is 1. The van der Waals surface area contributed by atoms with Gasteiger partial charge >= 0.3 is 6.09 Å². The van der Waals surface area contributed by atoms with E-state index < -0.39 is 0 Å². The van der Waals surface area contributed by atoms with Crippen molar-refractivity contribution in [1.82, 2.24) is 9.88 Å². The van der Waals surface area contributed by atoms with Crippen LogP contribution in [-0.4, -0.2) is 42.8 Å². The molecule has 1 aliphatic heterocycles. The Morgan fingerprint density at radius 1 is 1.39 bits per heavy atom. The number of methoxy groups -OCH3 is 1. The third kappa shape index (κ3) is 3.33. The van der Waals surface area contributed by atoms with E-state index in [9.17, 15) is 4.79 Å². The largest absolute Gasteiger partial charge is 0.497 e. The minimum Gasteiger partial charge on any atom is -0.497 e. The standard InChI is InChI=1S/C18H22N2O3/c1-3-23-18(21)20-8-4-5-13(12-20)9-14-11-19-17-7-6-15(22-2)10-16(14)17/h5-7,10-11,19H,3-4,8-9,12H2,1-2H3. The molecule has 1 amide bonds. The molecule has 1 aromatic heterocycles. The number of carbonyl (C=O) groups excluding carboxylic acids is 1. The van der Waals surface area contributed by atoms with Gasteiger partial charge in [-0.25, -0.2) is 4.79 Å². The highest BCUT2D eigenvalue weighted by molar-refractivity contribution is 5.85. The number of aromatic nitrogens is 1. The summed E-state index contributed by atoms with van der Waals surface area (Å²) in [4.78, 5) is 17.0. The zero-order valence-corrected chi connectivity index (χ0v) is 13.6. The van der Waals surface area contributed by atoms with Gasteiger partial charge in [0.1, 0.15) is 5.75 Å². The molecule has 0 radical (unpaired) electrons. The number of rotatable bonds is 4. The third-order valence-corrected chi connectivity index (χ3v) is 4.14. The van der Waals surface area contributed by atoms with Gasteiger partial charge in [-0.2, -0.15) is 0 Å². The maximum absolute atomic E-state index is 11.9. The Balaban J connectivity index is 1.76. The Morgan fingerprint density at radius 3 is 3.04 bits per heavy atom. The zero-order valence-electron chi connectivity index (χ0n) is 13.6. The number of nitrogens with one attached hydrogen (secondary N) is 1. The molecule has 0 saturated heterocycles. The zero-order chi connectivity index (χ0) is 16.2. The lowest BCUT2D eigenvalue weighted by Gasteiger charge is -2.26. The molecule has 1 aromatic carbocycles. The fourth-order valence-electron chi connectivity index (χ4n) is 2.99. The number of benzene rings is 1. The maximum Gasteiger partial charge on any atom is 0.410 e. The Hall–Kier alpha value is -2.43. The first-order chi connectivity index (χ1) is 11.2. The van der Waals surface area contributed by atoms with Crippen LogP contribution in [0.1, 0.15) is 18.9 Å². The summed E-state index contributed by atoms with van der Waals surface area (Å²) in [5, 5.41) is 1.17. The molecule has 122 valence electrons. The van der Waals surface area contributed by atoms with Crippen LogP contribution in [0.4, 0.5) is 4.79 Å². The smallest absolute Gasteiger partial charge is 0.410 e. The van der Waals surface area contributed by atoms with Gasteiger partial charge in [0.15, 0.2) is 0 Å². The van der Waals surface area contributed by atoms with Gasteiger partial charge in [-0.3, -0.25) is 0 Å². The van der Waals surface area contributed by atoms with Gasteiger partial charge in [0, 0.05) is 30.2 Å². The Kier molecular flexibility index (Phi) is 4.55. The first-order valence-electron chi connectivity index (χ1n) is 7.95. The van der Waals surface area contributed by atoms with E-state index in [1.807, 2.05) is 31.3 Å². The first kappa shape index (κ1) is 15.5. The molecule has 0 fully saturated rings. The van der Waals surface area contributed by atoms with Crippen molar-refractivity contribution in [1.29, 1.82) is 0 Å². The first-order valence-corrected chi connectivity index (χ1v) is 7.95. The number of ether oxygens (including phenoxy) is 2. The van der Waals surface area contributed by atoms with Crippen LogP contribution in [0.15, 0.2) is 36.0 Å². The second kappa shape index (κ2) is 6.77. The van der Waals surface area contributed by atoms with E-state index in [0.29, 0.717) is 13.2 Å². The number of aromatic amines is 1. The number of fused-ring (bicyclic) bond motifs is 1. The van der Waals surface area contributed by atoms with Crippen LogP contribution in [0.3, 0.4) is 0 Å². The molecule has 23 heavy (non-hydrogen) atoms. The van der Waals surface area contributed by atoms with Gasteiger partial charge in [-0.1, -0.05) is 11.6 Å². The summed E-state index contributed by atoms with van der Waals surface area (Å²) in [5.74, 6) is 0.851. The summed E-state index contributed by atoms with van der Waals surface area (Å²) in [5.41, 5.74) is 3.56. The molecule has 5 nitrogen and oxygen atoms in total. The van der Waals surface area contributed by atoms with E-state index in [2.05, 4.69) is 11.1 Å². The van der Waals surface area contributed by atoms with Gasteiger partial charge in [0.25, 0.3) is 0 Å². The van der Waals surface area contributed by atoms with Crippen molar-refractivity contribution in [3.63, 3.8) is 0 Å². The predicted molar refractivity (Wildman–Crippen MR) is 89.8 cm³/mol. The van der Waals surface area contributed by atoms with Crippen molar-refractivity contribution < 1.29 is 14.3 Å². The highest BCUT2D eigenvalue weighted by atomic mass is 16.6. The van der Waals surface area contributed by atoms with Crippen LogP contribution in [-0.2, 0) is 11.2 Å². The number of hydrogen-bond donors (Lipinski definition) is 1. The van der Waals surface area contributed by atoms with Gasteiger partial charge in [-0.15, -0.1) is 0 Å². The SMILES string of the molecule is CCOC(=O)N1CCC=C(Cc2c[nH]c3ccc(OC)cc23)C1. The summed E-state index contributed by atoms with van der Waals surface area (Å²) in [7, 11) is 1.67. The molecule has 2 heterocycles. The molecular weight excluding hydrogens is 292 g/mol.